The number of anilines is 1. The van der Waals surface area contributed by atoms with Crippen LogP contribution in [0, 0.1) is 6.92 Å². The highest BCUT2D eigenvalue weighted by atomic mass is 16.5. The average Bonchev–Trinajstić information content (AvgIpc) is 3.09. The van der Waals surface area contributed by atoms with Crippen LogP contribution in [0.2, 0.25) is 0 Å². The summed E-state index contributed by atoms with van der Waals surface area (Å²) in [5.41, 5.74) is 4.79. The Morgan fingerprint density at radius 1 is 0.936 bits per heavy atom. The molecule has 0 aliphatic carbocycles. The fraction of sp³-hybridized carbons (Fsp3) is 0.459. The molecule has 4 rings (SSSR count). The molecule has 0 bridgehead atoms. The largest absolute Gasteiger partial charge is 0.496 e. The van der Waals surface area contributed by atoms with E-state index in [1.54, 1.807) is 26.2 Å². The Hall–Kier alpha value is -4.12. The monoisotopic (exact) mass is 648 g/mol. The number of carboxylic acid groups (broad SMARTS) is 1. The first-order chi connectivity index (χ1) is 22.8. The summed E-state index contributed by atoms with van der Waals surface area (Å²) in [5, 5.41) is 9.74. The molecule has 1 N–H and O–H groups in total. The minimum atomic E-state index is -0.954. The molecular formula is C37H48N2O8. The van der Waals surface area contributed by atoms with Gasteiger partial charge >= 0.3 is 6.09 Å². The second-order valence-corrected chi connectivity index (χ2v) is 11.8. The third-order valence-corrected chi connectivity index (χ3v) is 8.46. The molecule has 3 aromatic carbocycles. The van der Waals surface area contributed by atoms with Crippen LogP contribution < -0.4 is 14.4 Å². The van der Waals surface area contributed by atoms with E-state index in [4.69, 9.17) is 23.7 Å². The predicted octanol–water partition coefficient (Wildman–Crippen LogP) is 6.43. The Balaban J connectivity index is 1.34. The first-order valence-corrected chi connectivity index (χ1v) is 16.2. The number of methoxy groups -OCH3 is 2. The predicted molar refractivity (Wildman–Crippen MR) is 180 cm³/mol. The summed E-state index contributed by atoms with van der Waals surface area (Å²) in [6.07, 6.45) is 1.10. The first kappa shape index (κ1) is 35.7. The van der Waals surface area contributed by atoms with Gasteiger partial charge in [-0.05, 0) is 55.2 Å². The Bertz CT molecular complexity index is 1430. The number of likely N-dealkylation sites (tertiary alicyclic amines) is 1. The van der Waals surface area contributed by atoms with E-state index in [-0.39, 0.29) is 31.1 Å². The molecule has 1 aliphatic rings. The van der Waals surface area contributed by atoms with Gasteiger partial charge in [0.1, 0.15) is 11.5 Å². The fourth-order valence-corrected chi connectivity index (χ4v) is 5.78. The van der Waals surface area contributed by atoms with Crippen LogP contribution >= 0.6 is 0 Å². The summed E-state index contributed by atoms with van der Waals surface area (Å²) in [7, 11) is 5.06. The van der Waals surface area contributed by atoms with Crippen LogP contribution in [-0.4, -0.2) is 82.3 Å². The molecule has 0 aromatic heterocycles. The molecule has 3 aromatic rings. The second kappa shape index (κ2) is 18.3. The van der Waals surface area contributed by atoms with Gasteiger partial charge in [-0.2, -0.15) is 0 Å². The third kappa shape index (κ3) is 10.4. The van der Waals surface area contributed by atoms with Crippen LogP contribution in [0.1, 0.15) is 53.9 Å². The summed E-state index contributed by atoms with van der Waals surface area (Å²) in [6.45, 7) is 5.04. The number of piperidine rings is 1. The lowest BCUT2D eigenvalue weighted by Gasteiger charge is -2.37. The number of nitrogens with zero attached hydrogens (tertiary/aromatic N) is 2. The molecule has 1 heterocycles. The normalized spacial score (nSPS) is 16.1. The molecule has 0 saturated carbocycles. The van der Waals surface area contributed by atoms with E-state index < -0.39 is 6.09 Å². The summed E-state index contributed by atoms with van der Waals surface area (Å²) in [4.78, 5) is 27.9. The number of para-hydroxylation sites is 1. The van der Waals surface area contributed by atoms with E-state index in [1.807, 2.05) is 73.7 Å². The Morgan fingerprint density at radius 2 is 1.72 bits per heavy atom. The van der Waals surface area contributed by atoms with Crippen LogP contribution in [0.5, 0.6) is 11.5 Å². The standard InChI is InChI=1S/C37H48N2O8/c1-27-12-13-29(33(23-27)38(2)36(40)11-7-20-43-3)26-47-35-24-39(37(41)42)19-18-32(35)28-14-16-31(17-15-28)46-22-8-21-45-25-30-9-5-6-10-34(30)44-4/h5-6,9-10,12-17,23,32,35H,7-8,11,18-22,24-26H2,1-4H3,(H,41,42). The van der Waals surface area contributed by atoms with Gasteiger partial charge in [-0.15, -0.1) is 0 Å². The van der Waals surface area contributed by atoms with Crippen molar-refractivity contribution in [1.29, 1.82) is 0 Å². The minimum Gasteiger partial charge on any atom is -0.496 e. The average molecular weight is 649 g/mol. The van der Waals surface area contributed by atoms with Gasteiger partial charge in [0.25, 0.3) is 0 Å². The lowest BCUT2D eigenvalue weighted by atomic mass is 9.87. The van der Waals surface area contributed by atoms with Crippen molar-refractivity contribution in [1.82, 2.24) is 4.90 Å². The Kier molecular flexibility index (Phi) is 13.9. The highest BCUT2D eigenvalue weighted by Gasteiger charge is 2.33. The SMILES string of the molecule is COCCCC(=O)N(C)c1cc(C)ccc1COC1CN(C(=O)O)CCC1c1ccc(OCCCOCc2ccccc2OC)cc1. The van der Waals surface area contributed by atoms with Crippen molar-refractivity contribution >= 4 is 17.7 Å². The lowest BCUT2D eigenvalue weighted by molar-refractivity contribution is -0.118. The van der Waals surface area contributed by atoms with Crippen molar-refractivity contribution in [3.05, 3.63) is 89.0 Å². The van der Waals surface area contributed by atoms with Gasteiger partial charge in [0.05, 0.1) is 46.2 Å². The van der Waals surface area contributed by atoms with Gasteiger partial charge in [-0.3, -0.25) is 4.79 Å². The van der Waals surface area contributed by atoms with Crippen molar-refractivity contribution in [3.63, 3.8) is 0 Å². The molecule has 254 valence electrons. The van der Waals surface area contributed by atoms with E-state index in [0.717, 1.165) is 45.9 Å². The number of hydrogen-bond donors (Lipinski definition) is 1. The summed E-state index contributed by atoms with van der Waals surface area (Å²) in [6, 6.07) is 21.8. The van der Waals surface area contributed by atoms with Gasteiger partial charge < -0.3 is 38.6 Å². The molecule has 2 atom stereocenters. The molecule has 1 saturated heterocycles. The zero-order valence-electron chi connectivity index (χ0n) is 28.0. The molecule has 1 aliphatic heterocycles. The summed E-state index contributed by atoms with van der Waals surface area (Å²) in [5.74, 6) is 1.59. The van der Waals surface area contributed by atoms with Gasteiger partial charge in [0, 0.05) is 62.9 Å². The molecule has 0 spiro atoms. The number of rotatable bonds is 17. The highest BCUT2D eigenvalue weighted by Crippen LogP contribution is 2.33. The van der Waals surface area contributed by atoms with E-state index in [2.05, 4.69) is 0 Å². The van der Waals surface area contributed by atoms with Crippen LogP contribution in [0.15, 0.2) is 66.7 Å². The van der Waals surface area contributed by atoms with E-state index in [0.29, 0.717) is 52.2 Å². The van der Waals surface area contributed by atoms with Crippen LogP contribution in [0.4, 0.5) is 10.5 Å². The van der Waals surface area contributed by atoms with Crippen molar-refractivity contribution < 1.29 is 38.4 Å². The quantitative estimate of drug-likeness (QED) is 0.167. The van der Waals surface area contributed by atoms with Gasteiger partial charge in [0.2, 0.25) is 5.91 Å². The molecule has 10 nitrogen and oxygen atoms in total. The van der Waals surface area contributed by atoms with Crippen molar-refractivity contribution in [2.24, 2.45) is 0 Å². The van der Waals surface area contributed by atoms with Gasteiger partial charge in [-0.25, -0.2) is 4.79 Å². The van der Waals surface area contributed by atoms with Gasteiger partial charge in [0.15, 0.2) is 0 Å². The van der Waals surface area contributed by atoms with Gasteiger partial charge in [-0.1, -0.05) is 42.5 Å². The van der Waals surface area contributed by atoms with Crippen molar-refractivity contribution in [2.75, 3.05) is 59.1 Å². The number of aryl methyl sites for hydroxylation is 1. The molecule has 1 fully saturated rings. The van der Waals surface area contributed by atoms with Crippen LogP contribution in [0.3, 0.4) is 0 Å². The Labute approximate surface area is 278 Å². The first-order valence-electron chi connectivity index (χ1n) is 16.2. The molecule has 47 heavy (non-hydrogen) atoms. The maximum Gasteiger partial charge on any atom is 0.407 e. The number of benzene rings is 3. The maximum absolute atomic E-state index is 12.9. The molecular weight excluding hydrogens is 600 g/mol. The van der Waals surface area contributed by atoms with Crippen LogP contribution in [0.25, 0.3) is 0 Å². The summed E-state index contributed by atoms with van der Waals surface area (Å²) < 4.78 is 28.7. The lowest BCUT2D eigenvalue weighted by Crippen LogP contribution is -2.46. The number of hydrogen-bond acceptors (Lipinski definition) is 7. The molecule has 10 heteroatoms. The maximum atomic E-state index is 12.9. The van der Waals surface area contributed by atoms with E-state index in [1.165, 1.54) is 4.90 Å². The Morgan fingerprint density at radius 3 is 2.47 bits per heavy atom. The number of amides is 2. The number of ether oxygens (including phenoxy) is 5. The number of carbonyl (C=O) groups is 2. The fourth-order valence-electron chi connectivity index (χ4n) is 5.78. The zero-order valence-corrected chi connectivity index (χ0v) is 28.0. The highest BCUT2D eigenvalue weighted by molar-refractivity contribution is 5.93. The summed E-state index contributed by atoms with van der Waals surface area (Å²) >= 11 is 0. The zero-order chi connectivity index (χ0) is 33.6. The second-order valence-electron chi connectivity index (χ2n) is 11.8. The van der Waals surface area contributed by atoms with Crippen molar-refractivity contribution in [3.8, 4) is 11.5 Å². The molecule has 2 unspecified atom stereocenters. The van der Waals surface area contributed by atoms with Crippen molar-refractivity contribution in [2.45, 2.75) is 57.8 Å². The smallest absolute Gasteiger partial charge is 0.407 e. The topological polar surface area (TPSA) is 107 Å². The van der Waals surface area contributed by atoms with E-state index in [9.17, 15) is 14.7 Å². The number of carbonyl (C=O) groups excluding carboxylic acids is 1. The molecule has 2 amide bonds. The molecule has 0 radical (unpaired) electrons. The van der Waals surface area contributed by atoms with E-state index >= 15 is 0 Å². The third-order valence-electron chi connectivity index (χ3n) is 8.46. The van der Waals surface area contributed by atoms with Crippen LogP contribution in [-0.2, 0) is 32.2 Å². The minimum absolute atomic E-state index is 0.00387.